The van der Waals surface area contributed by atoms with Crippen LogP contribution in [-0.2, 0) is 0 Å². The van der Waals surface area contributed by atoms with Crippen LogP contribution in [0.1, 0.15) is 0 Å². The zero-order valence-electron chi connectivity index (χ0n) is 8.72. The topological polar surface area (TPSA) is 66.5 Å². The van der Waals surface area contributed by atoms with E-state index in [1.165, 1.54) is 0 Å². The lowest BCUT2D eigenvalue weighted by Crippen LogP contribution is -1.95. The molecule has 1 aliphatic rings. The fraction of sp³-hybridized carbons (Fsp3) is 0. The second kappa shape index (κ2) is 3.49. The summed E-state index contributed by atoms with van der Waals surface area (Å²) in [6, 6.07) is 10.8. The Morgan fingerprint density at radius 2 is 1.71 bits per heavy atom. The van der Waals surface area contributed by atoms with Crippen molar-refractivity contribution in [2.45, 2.75) is 9.79 Å². The zero-order valence-corrected chi connectivity index (χ0v) is 11.1. The first-order valence-corrected chi connectivity index (χ1v) is 7.32. The van der Waals surface area contributed by atoms with Gasteiger partial charge in [-0.25, -0.2) is 0 Å². The van der Waals surface area contributed by atoms with Crippen LogP contribution in [0, 0.1) is 0 Å². The third-order valence-electron chi connectivity index (χ3n) is 2.89. The first-order chi connectivity index (χ1) is 8.01. The second-order valence-corrected chi connectivity index (χ2v) is 6.75. The lowest BCUT2D eigenvalue weighted by molar-refractivity contribution is 0.490. The van der Waals surface area contributed by atoms with Crippen molar-refractivity contribution < 1.29 is 9.11 Å². The Bertz CT molecular complexity index is 628. The van der Waals surface area contributed by atoms with Crippen molar-refractivity contribution in [3.63, 3.8) is 0 Å². The van der Waals surface area contributed by atoms with Crippen molar-refractivity contribution in [2.75, 3.05) is 5.73 Å². The Hall–Kier alpha value is -1.01. The van der Waals surface area contributed by atoms with Crippen molar-refractivity contribution >= 4 is 32.2 Å². The van der Waals surface area contributed by atoms with Crippen molar-refractivity contribution in [1.82, 2.24) is 0 Å². The van der Waals surface area contributed by atoms with Crippen LogP contribution >= 0.6 is 26.5 Å². The fourth-order valence-electron chi connectivity index (χ4n) is 2.07. The smallest absolute Gasteiger partial charge is 0.0729 e. The molecule has 2 aromatic carbocycles. The minimum absolute atomic E-state index is 0.541. The Morgan fingerprint density at radius 3 is 2.47 bits per heavy atom. The number of fused-ring (bicyclic) bond motifs is 3. The second-order valence-electron chi connectivity index (χ2n) is 3.91. The van der Waals surface area contributed by atoms with E-state index in [9.17, 15) is 9.11 Å². The molecule has 3 rings (SSSR count). The van der Waals surface area contributed by atoms with Crippen molar-refractivity contribution in [3.8, 4) is 11.1 Å². The highest BCUT2D eigenvalue weighted by Gasteiger charge is 2.33. The van der Waals surface area contributed by atoms with Crippen LogP contribution in [0.5, 0.6) is 0 Å². The molecule has 0 saturated carbocycles. The lowest BCUT2D eigenvalue weighted by atomic mass is 10.1. The number of benzene rings is 2. The van der Waals surface area contributed by atoms with E-state index in [2.05, 4.69) is 15.9 Å². The van der Waals surface area contributed by atoms with Gasteiger partial charge in [0.25, 0.3) is 0 Å². The molecule has 0 saturated heterocycles. The van der Waals surface area contributed by atoms with Crippen LogP contribution in [0.2, 0.25) is 0 Å². The maximum Gasteiger partial charge on any atom is 0.0729 e. The largest absolute Gasteiger partial charge is 0.398 e. The molecule has 0 aliphatic carbocycles. The summed E-state index contributed by atoms with van der Waals surface area (Å²) in [4.78, 5) is 1.12. The van der Waals surface area contributed by atoms with E-state index < -0.39 is 10.6 Å². The van der Waals surface area contributed by atoms with Gasteiger partial charge in [0.15, 0.2) is 0 Å². The Kier molecular flexibility index (Phi) is 2.28. The average molecular weight is 312 g/mol. The van der Waals surface area contributed by atoms with Gasteiger partial charge < -0.3 is 5.73 Å². The molecule has 1 heterocycles. The summed E-state index contributed by atoms with van der Waals surface area (Å²) in [6.45, 7) is 0. The molecule has 0 bridgehead atoms. The molecule has 0 aromatic heterocycles. The Morgan fingerprint density at radius 1 is 1.00 bits per heavy atom. The van der Waals surface area contributed by atoms with Crippen molar-refractivity contribution in [1.29, 1.82) is 0 Å². The van der Waals surface area contributed by atoms with Gasteiger partial charge >= 0.3 is 0 Å². The molecule has 0 amide bonds. The molecule has 0 radical (unpaired) electrons. The van der Waals surface area contributed by atoms with Gasteiger partial charge in [-0.15, -0.1) is 10.6 Å². The standard InChI is InChI=1S/C12H10BrNO2S/c13-9-6-12-8(5-10(9)14)7-3-1-2-4-11(7)17(12,15)16/h1-6,15-16H,14H2. The normalized spacial score (nSPS) is 17.4. The fourth-order valence-corrected chi connectivity index (χ4v) is 4.32. The van der Waals surface area contributed by atoms with Gasteiger partial charge in [-0.1, -0.05) is 18.2 Å². The molecule has 1 aliphatic heterocycles. The van der Waals surface area contributed by atoms with Gasteiger partial charge in [-0.3, -0.25) is 9.11 Å². The summed E-state index contributed by atoms with van der Waals surface area (Å²) >= 11 is 3.31. The van der Waals surface area contributed by atoms with E-state index >= 15 is 0 Å². The minimum Gasteiger partial charge on any atom is -0.398 e. The molecule has 88 valence electrons. The molecule has 5 heteroatoms. The summed E-state index contributed by atoms with van der Waals surface area (Å²) in [6.07, 6.45) is 0. The van der Waals surface area contributed by atoms with E-state index in [1.807, 2.05) is 12.1 Å². The molecule has 2 aromatic rings. The van der Waals surface area contributed by atoms with Gasteiger partial charge in [0.2, 0.25) is 0 Å². The molecular formula is C12H10BrNO2S. The third kappa shape index (κ3) is 1.43. The van der Waals surface area contributed by atoms with Gasteiger partial charge in [0.1, 0.15) is 0 Å². The monoisotopic (exact) mass is 311 g/mol. The van der Waals surface area contributed by atoms with E-state index in [0.717, 1.165) is 11.1 Å². The first kappa shape index (κ1) is 11.1. The average Bonchev–Trinajstić information content (AvgIpc) is 2.51. The molecule has 0 unspecified atom stereocenters. The van der Waals surface area contributed by atoms with Crippen LogP contribution in [0.4, 0.5) is 5.69 Å². The molecule has 4 N–H and O–H groups in total. The predicted molar refractivity (Wildman–Crippen MR) is 73.4 cm³/mol. The van der Waals surface area contributed by atoms with Crippen molar-refractivity contribution in [3.05, 3.63) is 40.9 Å². The molecule has 0 spiro atoms. The van der Waals surface area contributed by atoms with Crippen LogP contribution in [0.3, 0.4) is 0 Å². The predicted octanol–water partition coefficient (Wildman–Crippen LogP) is 4.18. The number of nitrogen functional groups attached to an aromatic ring is 1. The van der Waals surface area contributed by atoms with Crippen LogP contribution < -0.4 is 5.73 Å². The number of anilines is 1. The summed E-state index contributed by atoms with van der Waals surface area (Å²) in [5, 5.41) is 0. The zero-order chi connectivity index (χ0) is 12.2. The summed E-state index contributed by atoms with van der Waals surface area (Å²) in [5.74, 6) is 0. The molecule has 0 atom stereocenters. The third-order valence-corrected chi connectivity index (χ3v) is 5.50. The maximum absolute atomic E-state index is 10.3. The van der Waals surface area contributed by atoms with Crippen LogP contribution in [-0.4, -0.2) is 9.11 Å². The minimum atomic E-state index is -2.89. The maximum atomic E-state index is 10.3. The van der Waals surface area contributed by atoms with Gasteiger partial charge in [-0.05, 0) is 34.1 Å². The molecule has 3 nitrogen and oxygen atoms in total. The Labute approximate surface area is 109 Å². The van der Waals surface area contributed by atoms with Crippen molar-refractivity contribution in [2.24, 2.45) is 0 Å². The van der Waals surface area contributed by atoms with Gasteiger partial charge in [0.05, 0.1) is 9.79 Å². The number of hydrogen-bond acceptors (Lipinski definition) is 3. The highest BCUT2D eigenvalue weighted by atomic mass is 79.9. The quantitative estimate of drug-likeness (QED) is 0.639. The first-order valence-electron chi connectivity index (χ1n) is 4.98. The molecule has 17 heavy (non-hydrogen) atoms. The SMILES string of the molecule is Nc1cc2c(cc1Br)S(O)(O)c1ccccc1-2. The van der Waals surface area contributed by atoms with Gasteiger partial charge in [0, 0.05) is 21.3 Å². The Balaban J connectivity index is 2.40. The summed E-state index contributed by atoms with van der Waals surface area (Å²) < 4.78 is 21.3. The number of nitrogens with two attached hydrogens (primary N) is 1. The molecule has 0 fully saturated rings. The highest BCUT2D eigenvalue weighted by molar-refractivity contribution is 9.10. The summed E-state index contributed by atoms with van der Waals surface area (Å²) in [7, 11) is -2.89. The van der Waals surface area contributed by atoms with E-state index in [0.29, 0.717) is 20.0 Å². The summed E-state index contributed by atoms with van der Waals surface area (Å²) in [5.41, 5.74) is 8.09. The lowest BCUT2D eigenvalue weighted by Gasteiger charge is -2.28. The van der Waals surface area contributed by atoms with Crippen LogP contribution in [0.25, 0.3) is 11.1 Å². The molecular weight excluding hydrogens is 302 g/mol. The number of hydrogen-bond donors (Lipinski definition) is 3. The van der Waals surface area contributed by atoms with E-state index in [-0.39, 0.29) is 0 Å². The number of rotatable bonds is 0. The van der Waals surface area contributed by atoms with E-state index in [1.54, 1.807) is 24.3 Å². The van der Waals surface area contributed by atoms with Gasteiger partial charge in [-0.2, -0.15) is 0 Å². The highest BCUT2D eigenvalue weighted by Crippen LogP contribution is 2.67. The number of halogens is 1. The van der Waals surface area contributed by atoms with Crippen LogP contribution in [0.15, 0.2) is 50.7 Å². The van der Waals surface area contributed by atoms with E-state index in [4.69, 9.17) is 5.73 Å².